The molecule has 1 N–H and O–H groups in total. The van der Waals surface area contributed by atoms with E-state index >= 15 is 0 Å². The van der Waals surface area contributed by atoms with Crippen molar-refractivity contribution in [2.24, 2.45) is 0 Å². The van der Waals surface area contributed by atoms with E-state index in [1.165, 1.54) is 5.56 Å². The zero-order valence-corrected chi connectivity index (χ0v) is 13.0. The fourth-order valence-electron chi connectivity index (χ4n) is 3.30. The van der Waals surface area contributed by atoms with E-state index in [4.69, 9.17) is 9.47 Å². The highest BCUT2D eigenvalue weighted by molar-refractivity contribution is 5.10. The Morgan fingerprint density at radius 2 is 1.91 bits per heavy atom. The van der Waals surface area contributed by atoms with Gasteiger partial charge in [-0.2, -0.15) is 0 Å². The smallest absolute Gasteiger partial charge is 0.117 e. The highest BCUT2D eigenvalue weighted by Gasteiger charge is 2.40. The highest BCUT2D eigenvalue weighted by atomic mass is 16.5. The van der Waals surface area contributed by atoms with E-state index in [1.54, 1.807) is 0 Å². The van der Waals surface area contributed by atoms with E-state index in [1.807, 2.05) is 12.4 Å². The van der Waals surface area contributed by atoms with Crippen LogP contribution in [0.4, 0.5) is 0 Å². The van der Waals surface area contributed by atoms with Crippen molar-refractivity contribution in [1.82, 2.24) is 14.8 Å². The molecule has 1 aromatic heterocycles. The van der Waals surface area contributed by atoms with Crippen LogP contribution in [0.25, 0.3) is 0 Å². The maximum atomic E-state index is 9.18. The molecule has 22 heavy (non-hydrogen) atoms. The molecular weight excluding hydrogens is 282 g/mol. The van der Waals surface area contributed by atoms with Gasteiger partial charge >= 0.3 is 0 Å². The Kier molecular flexibility index (Phi) is 5.38. The zero-order chi connectivity index (χ0) is 15.3. The lowest BCUT2D eigenvalue weighted by Crippen LogP contribution is -2.58. The monoisotopic (exact) mass is 307 g/mol. The number of hydrogen-bond acceptors (Lipinski definition) is 6. The van der Waals surface area contributed by atoms with E-state index in [9.17, 15) is 5.11 Å². The van der Waals surface area contributed by atoms with Crippen LogP contribution in [0.15, 0.2) is 24.5 Å². The number of aliphatic hydroxyl groups is 1. The van der Waals surface area contributed by atoms with Crippen LogP contribution in [0.1, 0.15) is 5.56 Å². The molecule has 2 fully saturated rings. The Morgan fingerprint density at radius 1 is 1.14 bits per heavy atom. The molecule has 6 nitrogen and oxygen atoms in total. The third kappa shape index (κ3) is 4.02. The molecule has 6 heteroatoms. The number of aromatic nitrogens is 1. The van der Waals surface area contributed by atoms with E-state index in [0.29, 0.717) is 19.8 Å². The molecular formula is C16H25N3O3. The quantitative estimate of drug-likeness (QED) is 0.843. The summed E-state index contributed by atoms with van der Waals surface area (Å²) in [5.74, 6) is 0. The van der Waals surface area contributed by atoms with Crippen LogP contribution in [0.5, 0.6) is 0 Å². The van der Waals surface area contributed by atoms with Crippen LogP contribution < -0.4 is 0 Å². The van der Waals surface area contributed by atoms with Gasteiger partial charge in [-0.25, -0.2) is 0 Å². The van der Waals surface area contributed by atoms with Crippen LogP contribution >= 0.6 is 0 Å². The van der Waals surface area contributed by atoms with Gasteiger partial charge in [-0.15, -0.1) is 0 Å². The van der Waals surface area contributed by atoms with Crippen LogP contribution in [0.2, 0.25) is 0 Å². The number of aliphatic hydroxyl groups excluding tert-OH is 1. The van der Waals surface area contributed by atoms with Gasteiger partial charge < -0.3 is 14.6 Å². The van der Waals surface area contributed by atoms with Gasteiger partial charge in [-0.1, -0.05) is 0 Å². The lowest BCUT2D eigenvalue weighted by Gasteiger charge is -2.43. The first kappa shape index (κ1) is 15.8. The first-order valence-corrected chi connectivity index (χ1v) is 7.96. The topological polar surface area (TPSA) is 58.1 Å². The van der Waals surface area contributed by atoms with Crippen LogP contribution in [0, 0.1) is 0 Å². The van der Waals surface area contributed by atoms with E-state index in [-0.39, 0.29) is 12.2 Å². The average Bonchev–Trinajstić information content (AvgIpc) is 2.71. The van der Waals surface area contributed by atoms with Crippen molar-refractivity contribution in [1.29, 1.82) is 0 Å². The highest BCUT2D eigenvalue weighted by Crippen LogP contribution is 2.23. The maximum absolute atomic E-state index is 9.18. The molecule has 0 aromatic carbocycles. The van der Waals surface area contributed by atoms with Gasteiger partial charge in [0.05, 0.1) is 26.4 Å². The zero-order valence-electron chi connectivity index (χ0n) is 13.0. The molecule has 2 aliphatic rings. The van der Waals surface area contributed by atoms with Crippen LogP contribution in [-0.2, 0) is 16.0 Å². The maximum Gasteiger partial charge on any atom is 0.117 e. The Bertz CT molecular complexity index is 457. The van der Waals surface area contributed by atoms with Gasteiger partial charge in [0.15, 0.2) is 0 Å². The molecule has 2 aliphatic heterocycles. The van der Waals surface area contributed by atoms with Crippen LogP contribution in [0.3, 0.4) is 0 Å². The molecule has 3 rings (SSSR count). The largest absolute Gasteiger partial charge is 0.395 e. The molecule has 0 radical (unpaired) electrons. The van der Waals surface area contributed by atoms with Gasteiger partial charge in [-0.05, 0) is 17.7 Å². The molecule has 0 bridgehead atoms. The third-order valence-electron chi connectivity index (χ3n) is 4.33. The van der Waals surface area contributed by atoms with Crippen molar-refractivity contribution < 1.29 is 14.6 Å². The SMILES string of the molecule is OCCN1CCOC2(COCCN(Cc3ccncc3)C2)C1. The fourth-order valence-corrected chi connectivity index (χ4v) is 3.30. The summed E-state index contributed by atoms with van der Waals surface area (Å²) in [5.41, 5.74) is 0.979. The second-order valence-corrected chi connectivity index (χ2v) is 6.15. The van der Waals surface area contributed by atoms with E-state index in [2.05, 4.69) is 26.9 Å². The van der Waals surface area contributed by atoms with Gasteiger partial charge in [0.25, 0.3) is 0 Å². The lowest BCUT2D eigenvalue weighted by atomic mass is 10.0. The van der Waals surface area contributed by atoms with Gasteiger partial charge in [0.2, 0.25) is 0 Å². The number of rotatable bonds is 4. The number of pyridine rings is 1. The minimum atomic E-state index is -0.281. The van der Waals surface area contributed by atoms with Gasteiger partial charge in [-0.3, -0.25) is 14.8 Å². The summed E-state index contributed by atoms with van der Waals surface area (Å²) in [6, 6.07) is 4.11. The summed E-state index contributed by atoms with van der Waals surface area (Å²) in [7, 11) is 0. The summed E-state index contributed by atoms with van der Waals surface area (Å²) in [4.78, 5) is 8.73. The van der Waals surface area contributed by atoms with Crippen LogP contribution in [-0.4, -0.2) is 84.6 Å². The van der Waals surface area contributed by atoms with Crippen molar-refractivity contribution in [2.45, 2.75) is 12.1 Å². The van der Waals surface area contributed by atoms with Crippen molar-refractivity contribution in [3.8, 4) is 0 Å². The molecule has 1 aromatic rings. The summed E-state index contributed by atoms with van der Waals surface area (Å²) < 4.78 is 11.9. The first-order valence-electron chi connectivity index (χ1n) is 7.96. The van der Waals surface area contributed by atoms with Crippen molar-refractivity contribution >= 4 is 0 Å². The summed E-state index contributed by atoms with van der Waals surface area (Å²) in [5, 5.41) is 9.18. The molecule has 1 unspecified atom stereocenters. The fraction of sp³-hybridized carbons (Fsp3) is 0.688. The number of hydrogen-bond donors (Lipinski definition) is 1. The number of morpholine rings is 1. The molecule has 1 atom stereocenters. The van der Waals surface area contributed by atoms with Crippen molar-refractivity contribution in [3.63, 3.8) is 0 Å². The molecule has 0 aliphatic carbocycles. The predicted molar refractivity (Wildman–Crippen MR) is 82.5 cm³/mol. The lowest BCUT2D eigenvalue weighted by molar-refractivity contribution is -0.143. The molecule has 1 spiro atoms. The summed E-state index contributed by atoms with van der Waals surface area (Å²) in [6.07, 6.45) is 3.67. The van der Waals surface area contributed by atoms with Gasteiger partial charge in [0.1, 0.15) is 5.60 Å². The second kappa shape index (κ2) is 7.48. The van der Waals surface area contributed by atoms with E-state index < -0.39 is 0 Å². The molecule has 2 saturated heterocycles. The normalized spacial score (nSPS) is 27.9. The van der Waals surface area contributed by atoms with Crippen molar-refractivity contribution in [3.05, 3.63) is 30.1 Å². The minimum absolute atomic E-state index is 0.192. The first-order chi connectivity index (χ1) is 10.8. The molecule has 122 valence electrons. The number of β-amino-alcohol motifs (C(OH)–C–C–N with tert-alkyl or cyclic N) is 1. The number of nitrogens with zero attached hydrogens (tertiary/aromatic N) is 3. The van der Waals surface area contributed by atoms with Crippen molar-refractivity contribution in [2.75, 3.05) is 59.2 Å². The summed E-state index contributed by atoms with van der Waals surface area (Å²) >= 11 is 0. The third-order valence-corrected chi connectivity index (χ3v) is 4.33. The van der Waals surface area contributed by atoms with Gasteiger partial charge in [0, 0.05) is 51.7 Å². The average molecular weight is 307 g/mol. The molecule has 0 amide bonds. The predicted octanol–water partition coefficient (Wildman–Crippen LogP) is -0.0229. The Hall–Kier alpha value is -1.05. The Labute approximate surface area is 131 Å². The summed E-state index contributed by atoms with van der Waals surface area (Å²) in [6.45, 7) is 7.31. The Morgan fingerprint density at radius 3 is 2.73 bits per heavy atom. The Balaban J connectivity index is 1.66. The second-order valence-electron chi connectivity index (χ2n) is 6.15. The standard InChI is InChI=1S/C16H25N3O3/c20-8-5-18-7-10-22-16(12-18)13-19(6-9-21-14-16)11-15-1-3-17-4-2-15/h1-4,20H,5-14H2. The minimum Gasteiger partial charge on any atom is -0.395 e. The molecule has 0 saturated carbocycles. The van der Waals surface area contributed by atoms with E-state index in [0.717, 1.165) is 39.3 Å². The molecule has 3 heterocycles. The number of ether oxygens (including phenoxy) is 2.